The van der Waals surface area contributed by atoms with Crippen LogP contribution >= 0.6 is 23.4 Å². The summed E-state index contributed by atoms with van der Waals surface area (Å²) in [5.74, 6) is -0.341. The predicted molar refractivity (Wildman–Crippen MR) is 97.3 cm³/mol. The number of esters is 1. The largest absolute Gasteiger partial charge is 0.456 e. The smallest absolute Gasteiger partial charge is 0.307 e. The fourth-order valence-electron chi connectivity index (χ4n) is 2.75. The van der Waals surface area contributed by atoms with Crippen LogP contribution in [0.25, 0.3) is 0 Å². The summed E-state index contributed by atoms with van der Waals surface area (Å²) in [4.78, 5) is 24.6. The van der Waals surface area contributed by atoms with Crippen molar-refractivity contribution < 1.29 is 14.3 Å². The quantitative estimate of drug-likeness (QED) is 0.576. The molecule has 1 aliphatic rings. The molecule has 1 aliphatic carbocycles. The summed E-state index contributed by atoms with van der Waals surface area (Å²) in [7, 11) is 0. The molecule has 1 amide bonds. The van der Waals surface area contributed by atoms with Crippen molar-refractivity contribution in [2.45, 2.75) is 49.0 Å². The molecular weight excluding hydrogens is 360 g/mol. The Morgan fingerprint density at radius 3 is 2.68 bits per heavy atom. The Morgan fingerprint density at radius 2 is 2.00 bits per heavy atom. The Balaban J connectivity index is 1.68. The highest BCUT2D eigenvalue weighted by atomic mass is 35.5. The zero-order chi connectivity index (χ0) is 18.1. The molecule has 1 aromatic rings. The SMILES string of the molecule is N#CC1(NC(=O)COC(=O)CCSc2ccccc2Cl)CCCCC1. The van der Waals surface area contributed by atoms with Crippen LogP contribution in [0.2, 0.25) is 5.02 Å². The Morgan fingerprint density at radius 1 is 1.28 bits per heavy atom. The van der Waals surface area contributed by atoms with Gasteiger partial charge < -0.3 is 10.1 Å². The van der Waals surface area contributed by atoms with Gasteiger partial charge in [-0.1, -0.05) is 43.0 Å². The van der Waals surface area contributed by atoms with Crippen LogP contribution in [0, 0.1) is 11.3 Å². The van der Waals surface area contributed by atoms with Crippen molar-refractivity contribution in [3.05, 3.63) is 29.3 Å². The molecule has 1 aromatic carbocycles. The van der Waals surface area contributed by atoms with Gasteiger partial charge in [0, 0.05) is 10.6 Å². The van der Waals surface area contributed by atoms with Crippen LogP contribution in [0.5, 0.6) is 0 Å². The number of ether oxygens (including phenoxy) is 1. The maximum Gasteiger partial charge on any atom is 0.307 e. The van der Waals surface area contributed by atoms with Gasteiger partial charge in [-0.15, -0.1) is 11.8 Å². The van der Waals surface area contributed by atoms with E-state index in [2.05, 4.69) is 11.4 Å². The first-order chi connectivity index (χ1) is 12.0. The number of thioether (sulfide) groups is 1. The lowest BCUT2D eigenvalue weighted by Crippen LogP contribution is -2.50. The van der Waals surface area contributed by atoms with E-state index in [0.717, 1.165) is 24.2 Å². The second-order valence-corrected chi connectivity index (χ2v) is 7.54. The second kappa shape index (κ2) is 9.69. The van der Waals surface area contributed by atoms with Crippen molar-refractivity contribution >= 4 is 35.2 Å². The number of carbonyl (C=O) groups is 2. The van der Waals surface area contributed by atoms with E-state index >= 15 is 0 Å². The second-order valence-electron chi connectivity index (χ2n) is 5.99. The van der Waals surface area contributed by atoms with E-state index in [1.807, 2.05) is 18.2 Å². The van der Waals surface area contributed by atoms with E-state index in [1.165, 1.54) is 11.8 Å². The number of benzene rings is 1. The van der Waals surface area contributed by atoms with E-state index in [-0.39, 0.29) is 13.0 Å². The van der Waals surface area contributed by atoms with E-state index < -0.39 is 17.4 Å². The normalized spacial score (nSPS) is 15.8. The number of nitrogens with zero attached hydrogens (tertiary/aromatic N) is 1. The van der Waals surface area contributed by atoms with Crippen molar-refractivity contribution in [1.82, 2.24) is 5.32 Å². The van der Waals surface area contributed by atoms with Gasteiger partial charge in [0.1, 0.15) is 5.54 Å². The monoisotopic (exact) mass is 380 g/mol. The molecule has 0 saturated heterocycles. The average molecular weight is 381 g/mol. The Hall–Kier alpha value is -1.71. The molecule has 0 spiro atoms. The highest BCUT2D eigenvalue weighted by Crippen LogP contribution is 2.28. The molecule has 0 heterocycles. The summed E-state index contributed by atoms with van der Waals surface area (Å²) < 4.78 is 5.00. The third-order valence-electron chi connectivity index (χ3n) is 4.06. The van der Waals surface area contributed by atoms with Crippen molar-refractivity contribution in [1.29, 1.82) is 5.26 Å². The fourth-order valence-corrected chi connectivity index (χ4v) is 3.92. The number of rotatable bonds is 7. The van der Waals surface area contributed by atoms with Crippen LogP contribution in [-0.4, -0.2) is 29.8 Å². The first-order valence-electron chi connectivity index (χ1n) is 8.30. The molecule has 0 aromatic heterocycles. The molecule has 0 unspecified atom stereocenters. The summed E-state index contributed by atoms with van der Waals surface area (Å²) in [6, 6.07) is 9.62. The minimum atomic E-state index is -0.804. The molecular formula is C18H21ClN2O3S. The van der Waals surface area contributed by atoms with Gasteiger partial charge in [0.25, 0.3) is 5.91 Å². The standard InChI is InChI=1S/C18H21ClN2O3S/c19-14-6-2-3-7-15(14)25-11-8-17(23)24-12-16(22)21-18(13-20)9-4-1-5-10-18/h2-3,6-7H,1,4-5,8-12H2,(H,21,22). The number of hydrogen-bond donors (Lipinski definition) is 1. The predicted octanol–water partition coefficient (Wildman–Crippen LogP) is 3.71. The van der Waals surface area contributed by atoms with Crippen molar-refractivity contribution in [2.75, 3.05) is 12.4 Å². The average Bonchev–Trinajstić information content (AvgIpc) is 2.62. The van der Waals surface area contributed by atoms with Crippen LogP contribution in [-0.2, 0) is 14.3 Å². The van der Waals surface area contributed by atoms with Crippen LogP contribution in [0.4, 0.5) is 0 Å². The summed E-state index contributed by atoms with van der Waals surface area (Å²) in [6.45, 7) is -0.348. The molecule has 1 N–H and O–H groups in total. The lowest BCUT2D eigenvalue weighted by atomic mass is 9.83. The molecule has 25 heavy (non-hydrogen) atoms. The van der Waals surface area contributed by atoms with Gasteiger partial charge >= 0.3 is 5.97 Å². The zero-order valence-electron chi connectivity index (χ0n) is 13.9. The van der Waals surface area contributed by atoms with E-state index in [4.69, 9.17) is 16.3 Å². The van der Waals surface area contributed by atoms with Crippen molar-refractivity contribution in [2.24, 2.45) is 0 Å². The minimum absolute atomic E-state index is 0.187. The van der Waals surface area contributed by atoms with Crippen molar-refractivity contribution in [3.63, 3.8) is 0 Å². The highest BCUT2D eigenvalue weighted by molar-refractivity contribution is 7.99. The zero-order valence-corrected chi connectivity index (χ0v) is 15.5. The van der Waals surface area contributed by atoms with Crippen LogP contribution in [0.1, 0.15) is 38.5 Å². The molecule has 0 aliphatic heterocycles. The summed E-state index contributed by atoms with van der Waals surface area (Å²) in [5.41, 5.74) is -0.804. The maximum absolute atomic E-state index is 12.0. The molecule has 1 saturated carbocycles. The van der Waals surface area contributed by atoms with Gasteiger partial charge in [-0.2, -0.15) is 5.26 Å². The summed E-state index contributed by atoms with van der Waals surface area (Å²) >= 11 is 7.51. The fraction of sp³-hybridized carbons (Fsp3) is 0.500. The topological polar surface area (TPSA) is 79.2 Å². The molecule has 1 fully saturated rings. The van der Waals surface area contributed by atoms with Crippen LogP contribution in [0.15, 0.2) is 29.2 Å². The van der Waals surface area contributed by atoms with Gasteiger partial charge in [0.15, 0.2) is 6.61 Å². The maximum atomic E-state index is 12.0. The first-order valence-corrected chi connectivity index (χ1v) is 9.66. The Labute approximate surface area is 157 Å². The number of nitrogens with one attached hydrogen (secondary N) is 1. The van der Waals surface area contributed by atoms with E-state index in [9.17, 15) is 14.9 Å². The van der Waals surface area contributed by atoms with E-state index in [0.29, 0.717) is 23.6 Å². The molecule has 134 valence electrons. The first kappa shape index (κ1) is 19.6. The Kier molecular flexibility index (Phi) is 7.60. The van der Waals surface area contributed by atoms with Crippen LogP contribution < -0.4 is 5.32 Å². The van der Waals surface area contributed by atoms with Gasteiger partial charge in [-0.25, -0.2) is 0 Å². The third-order valence-corrected chi connectivity index (χ3v) is 5.58. The van der Waals surface area contributed by atoms with Crippen LogP contribution in [0.3, 0.4) is 0 Å². The summed E-state index contributed by atoms with van der Waals surface area (Å²) in [5, 5.41) is 12.7. The highest BCUT2D eigenvalue weighted by Gasteiger charge is 2.33. The lowest BCUT2D eigenvalue weighted by Gasteiger charge is -2.31. The van der Waals surface area contributed by atoms with E-state index in [1.54, 1.807) is 6.07 Å². The third kappa shape index (κ3) is 6.26. The minimum Gasteiger partial charge on any atom is -0.456 e. The summed E-state index contributed by atoms with van der Waals surface area (Å²) in [6.07, 6.45) is 4.42. The molecule has 2 rings (SSSR count). The molecule has 0 atom stereocenters. The number of carbonyl (C=O) groups excluding carboxylic acids is 2. The number of halogens is 1. The van der Waals surface area contributed by atoms with Gasteiger partial charge in [-0.05, 0) is 25.0 Å². The molecule has 5 nitrogen and oxygen atoms in total. The van der Waals surface area contributed by atoms with Gasteiger partial charge in [0.05, 0.1) is 17.5 Å². The number of amides is 1. The molecule has 0 radical (unpaired) electrons. The van der Waals surface area contributed by atoms with Crippen molar-refractivity contribution in [3.8, 4) is 6.07 Å². The Bertz CT molecular complexity index is 654. The van der Waals surface area contributed by atoms with Gasteiger partial charge in [-0.3, -0.25) is 9.59 Å². The molecule has 0 bridgehead atoms. The number of nitriles is 1. The van der Waals surface area contributed by atoms with Gasteiger partial charge in [0.2, 0.25) is 0 Å². The number of hydrogen-bond acceptors (Lipinski definition) is 5. The molecule has 7 heteroatoms. The lowest BCUT2D eigenvalue weighted by molar-refractivity contribution is -0.148.